The van der Waals surface area contributed by atoms with Crippen LogP contribution in [0, 0.1) is 0 Å². The van der Waals surface area contributed by atoms with E-state index in [-0.39, 0.29) is 6.79 Å². The standard InChI is InChI=1S/C10H12O5/c11-7-9-2-1-3-10(6-9)14-5-4-13-8-15-12/h1-3,6-7,12H,4-5,8H2. The first-order valence-corrected chi connectivity index (χ1v) is 4.39. The van der Waals surface area contributed by atoms with E-state index in [1.165, 1.54) is 0 Å². The summed E-state index contributed by atoms with van der Waals surface area (Å²) in [6.07, 6.45) is 0.753. The number of aldehydes is 1. The zero-order valence-electron chi connectivity index (χ0n) is 8.09. The maximum atomic E-state index is 10.4. The van der Waals surface area contributed by atoms with E-state index in [2.05, 4.69) is 4.89 Å². The first-order valence-electron chi connectivity index (χ1n) is 4.39. The van der Waals surface area contributed by atoms with Gasteiger partial charge < -0.3 is 9.47 Å². The maximum Gasteiger partial charge on any atom is 0.180 e. The molecule has 0 aliphatic rings. The van der Waals surface area contributed by atoms with Gasteiger partial charge in [0.2, 0.25) is 0 Å². The molecule has 0 amide bonds. The normalized spacial score (nSPS) is 9.93. The van der Waals surface area contributed by atoms with Crippen molar-refractivity contribution in [1.29, 1.82) is 0 Å². The van der Waals surface area contributed by atoms with Crippen molar-refractivity contribution in [2.45, 2.75) is 0 Å². The Kier molecular flexibility index (Phi) is 5.39. The van der Waals surface area contributed by atoms with Crippen molar-refractivity contribution in [3.05, 3.63) is 29.8 Å². The summed E-state index contributed by atoms with van der Waals surface area (Å²) in [7, 11) is 0. The Hall–Kier alpha value is -1.43. The first kappa shape index (κ1) is 11.6. The minimum atomic E-state index is -0.183. The van der Waals surface area contributed by atoms with Gasteiger partial charge in [-0.2, -0.15) is 0 Å². The molecule has 0 aromatic heterocycles. The van der Waals surface area contributed by atoms with Crippen LogP contribution in [0.25, 0.3) is 0 Å². The highest BCUT2D eigenvalue weighted by atomic mass is 17.1. The van der Waals surface area contributed by atoms with Crippen LogP contribution in [0.5, 0.6) is 5.75 Å². The fourth-order valence-corrected chi connectivity index (χ4v) is 0.992. The minimum Gasteiger partial charge on any atom is -0.491 e. The van der Waals surface area contributed by atoms with E-state index in [4.69, 9.17) is 14.7 Å². The van der Waals surface area contributed by atoms with E-state index in [0.29, 0.717) is 24.5 Å². The second-order valence-electron chi connectivity index (χ2n) is 2.69. The van der Waals surface area contributed by atoms with Crippen molar-refractivity contribution in [1.82, 2.24) is 0 Å². The van der Waals surface area contributed by atoms with Gasteiger partial charge in [0.25, 0.3) is 0 Å². The predicted molar refractivity (Wildman–Crippen MR) is 51.9 cm³/mol. The minimum absolute atomic E-state index is 0.183. The summed E-state index contributed by atoms with van der Waals surface area (Å²) in [5.74, 6) is 0.605. The average molecular weight is 212 g/mol. The molecule has 82 valence electrons. The van der Waals surface area contributed by atoms with Gasteiger partial charge in [-0.05, 0) is 12.1 Å². The van der Waals surface area contributed by atoms with E-state index in [1.807, 2.05) is 0 Å². The van der Waals surface area contributed by atoms with Crippen LogP contribution in [-0.4, -0.2) is 31.6 Å². The van der Waals surface area contributed by atoms with E-state index >= 15 is 0 Å². The fourth-order valence-electron chi connectivity index (χ4n) is 0.992. The van der Waals surface area contributed by atoms with E-state index in [1.54, 1.807) is 24.3 Å². The molecule has 0 fully saturated rings. The fraction of sp³-hybridized carbons (Fsp3) is 0.300. The van der Waals surface area contributed by atoms with Gasteiger partial charge in [-0.15, -0.1) is 0 Å². The Bertz CT molecular complexity index is 300. The Morgan fingerprint density at radius 3 is 2.93 bits per heavy atom. The number of rotatable bonds is 7. The summed E-state index contributed by atoms with van der Waals surface area (Å²) in [5, 5.41) is 7.95. The molecule has 5 nitrogen and oxygen atoms in total. The van der Waals surface area contributed by atoms with Crippen LogP contribution >= 0.6 is 0 Å². The first-order chi connectivity index (χ1) is 7.36. The van der Waals surface area contributed by atoms with E-state index < -0.39 is 0 Å². The average Bonchev–Trinajstić information content (AvgIpc) is 2.29. The molecule has 1 aromatic carbocycles. The lowest BCUT2D eigenvalue weighted by molar-refractivity contribution is -0.296. The van der Waals surface area contributed by atoms with E-state index in [0.717, 1.165) is 6.29 Å². The number of ether oxygens (including phenoxy) is 2. The Balaban J connectivity index is 2.27. The maximum absolute atomic E-state index is 10.4. The zero-order valence-corrected chi connectivity index (χ0v) is 8.09. The summed E-state index contributed by atoms with van der Waals surface area (Å²) in [5.41, 5.74) is 0.562. The second-order valence-corrected chi connectivity index (χ2v) is 2.69. The third-order valence-corrected chi connectivity index (χ3v) is 1.63. The second kappa shape index (κ2) is 6.94. The van der Waals surface area contributed by atoms with Gasteiger partial charge in [-0.3, -0.25) is 4.79 Å². The van der Waals surface area contributed by atoms with Crippen LogP contribution in [0.2, 0.25) is 0 Å². The van der Waals surface area contributed by atoms with Crippen molar-refractivity contribution < 1.29 is 24.4 Å². The Morgan fingerprint density at radius 2 is 2.20 bits per heavy atom. The smallest absolute Gasteiger partial charge is 0.180 e. The van der Waals surface area contributed by atoms with Crippen LogP contribution in [0.4, 0.5) is 0 Å². The van der Waals surface area contributed by atoms with Crippen LogP contribution < -0.4 is 4.74 Å². The third kappa shape index (κ3) is 4.55. The van der Waals surface area contributed by atoms with Crippen LogP contribution in [0.15, 0.2) is 24.3 Å². The number of hydrogen-bond acceptors (Lipinski definition) is 5. The summed E-state index contributed by atoms with van der Waals surface area (Å²) in [4.78, 5) is 14.2. The number of hydrogen-bond donors (Lipinski definition) is 1. The van der Waals surface area contributed by atoms with Gasteiger partial charge in [-0.1, -0.05) is 12.1 Å². The molecule has 15 heavy (non-hydrogen) atoms. The zero-order chi connectivity index (χ0) is 10.9. The molecule has 0 bridgehead atoms. The van der Waals surface area contributed by atoms with Gasteiger partial charge in [-0.25, -0.2) is 10.1 Å². The molecule has 0 heterocycles. The molecule has 1 rings (SSSR count). The highest BCUT2D eigenvalue weighted by Crippen LogP contribution is 2.11. The summed E-state index contributed by atoms with van der Waals surface area (Å²) < 4.78 is 10.1. The van der Waals surface area contributed by atoms with Crippen molar-refractivity contribution in [2.75, 3.05) is 20.0 Å². The lowest BCUT2D eigenvalue weighted by Crippen LogP contribution is -2.08. The number of carbonyl (C=O) groups excluding carboxylic acids is 1. The molecule has 0 aliphatic carbocycles. The number of carbonyl (C=O) groups is 1. The quantitative estimate of drug-likeness (QED) is 0.243. The largest absolute Gasteiger partial charge is 0.491 e. The van der Waals surface area contributed by atoms with Gasteiger partial charge in [0.05, 0.1) is 6.61 Å². The molecule has 0 spiro atoms. The molecule has 1 N–H and O–H groups in total. The molecule has 0 saturated heterocycles. The van der Waals surface area contributed by atoms with Crippen molar-refractivity contribution in [2.24, 2.45) is 0 Å². The highest BCUT2D eigenvalue weighted by molar-refractivity contribution is 5.75. The van der Waals surface area contributed by atoms with Crippen LogP contribution in [-0.2, 0) is 9.62 Å². The van der Waals surface area contributed by atoms with Crippen LogP contribution in [0.1, 0.15) is 10.4 Å². The summed E-state index contributed by atoms with van der Waals surface area (Å²) in [6.45, 7) is 0.440. The Labute approximate surface area is 87.1 Å². The molecule has 0 saturated carbocycles. The van der Waals surface area contributed by atoms with Crippen molar-refractivity contribution >= 4 is 6.29 Å². The molecule has 0 unspecified atom stereocenters. The predicted octanol–water partition coefficient (Wildman–Crippen LogP) is 1.34. The van der Waals surface area contributed by atoms with Gasteiger partial charge in [0.1, 0.15) is 18.6 Å². The SMILES string of the molecule is O=Cc1cccc(OCCOCOO)c1. The lowest BCUT2D eigenvalue weighted by Gasteiger charge is -2.06. The topological polar surface area (TPSA) is 65.0 Å². The molecule has 0 atom stereocenters. The summed E-state index contributed by atoms with van der Waals surface area (Å²) in [6, 6.07) is 6.80. The van der Waals surface area contributed by atoms with Gasteiger partial charge >= 0.3 is 0 Å². The highest BCUT2D eigenvalue weighted by Gasteiger charge is 1.95. The van der Waals surface area contributed by atoms with Crippen molar-refractivity contribution in [3.8, 4) is 5.75 Å². The number of benzene rings is 1. The van der Waals surface area contributed by atoms with Gasteiger partial charge in [0.15, 0.2) is 6.79 Å². The van der Waals surface area contributed by atoms with Gasteiger partial charge in [0, 0.05) is 5.56 Å². The summed E-state index contributed by atoms with van der Waals surface area (Å²) >= 11 is 0. The molecule has 5 heteroatoms. The van der Waals surface area contributed by atoms with Crippen molar-refractivity contribution in [3.63, 3.8) is 0 Å². The Morgan fingerprint density at radius 1 is 1.33 bits per heavy atom. The molecule has 1 aromatic rings. The van der Waals surface area contributed by atoms with Crippen LogP contribution in [0.3, 0.4) is 0 Å². The lowest BCUT2D eigenvalue weighted by atomic mass is 10.2. The molecule has 0 aliphatic heterocycles. The third-order valence-electron chi connectivity index (χ3n) is 1.63. The molecular formula is C10H12O5. The van der Waals surface area contributed by atoms with E-state index in [9.17, 15) is 4.79 Å². The monoisotopic (exact) mass is 212 g/mol. The molecule has 0 radical (unpaired) electrons. The molecular weight excluding hydrogens is 200 g/mol.